The predicted octanol–water partition coefficient (Wildman–Crippen LogP) is 1.77. The average molecular weight is 284 g/mol. The van der Waals surface area contributed by atoms with Crippen LogP contribution in [0, 0.1) is 0 Å². The van der Waals surface area contributed by atoms with Crippen molar-refractivity contribution in [2.75, 3.05) is 26.3 Å². The molecule has 3 atom stereocenters. The van der Waals surface area contributed by atoms with Crippen LogP contribution in [0.25, 0.3) is 0 Å². The van der Waals surface area contributed by atoms with Crippen molar-refractivity contribution in [2.45, 2.75) is 76.6 Å². The van der Waals surface area contributed by atoms with Crippen molar-refractivity contribution >= 4 is 0 Å². The molecule has 0 spiro atoms. The van der Waals surface area contributed by atoms with Crippen molar-refractivity contribution in [2.24, 2.45) is 0 Å². The Kier molecular flexibility index (Phi) is 5.84. The summed E-state index contributed by atoms with van der Waals surface area (Å²) in [5.41, 5.74) is -0.0581. The molecule has 20 heavy (non-hydrogen) atoms. The average Bonchev–Trinajstić information content (AvgIpc) is 2.83. The Balaban J connectivity index is 1.90. The number of rotatable bonds is 6. The largest absolute Gasteiger partial charge is 0.394 e. The van der Waals surface area contributed by atoms with E-state index in [1.54, 1.807) is 0 Å². The van der Waals surface area contributed by atoms with E-state index in [2.05, 4.69) is 31.0 Å². The summed E-state index contributed by atoms with van der Waals surface area (Å²) in [6.45, 7) is 9.74. The van der Waals surface area contributed by atoms with E-state index in [1.807, 2.05) is 0 Å². The summed E-state index contributed by atoms with van der Waals surface area (Å²) in [5.74, 6) is 0. The monoisotopic (exact) mass is 284 g/mol. The second kappa shape index (κ2) is 7.21. The molecule has 4 nitrogen and oxygen atoms in total. The van der Waals surface area contributed by atoms with Gasteiger partial charge in [0.05, 0.1) is 12.7 Å². The molecule has 2 aliphatic rings. The van der Waals surface area contributed by atoms with Gasteiger partial charge in [-0.15, -0.1) is 0 Å². The normalized spacial score (nSPS) is 35.9. The summed E-state index contributed by atoms with van der Waals surface area (Å²) in [6, 6.07) is 1.04. The highest BCUT2D eigenvalue weighted by Crippen LogP contribution is 2.34. The van der Waals surface area contributed by atoms with Gasteiger partial charge in [0.1, 0.15) is 0 Å². The van der Waals surface area contributed by atoms with E-state index in [0.717, 1.165) is 26.0 Å². The molecule has 0 aromatic rings. The summed E-state index contributed by atoms with van der Waals surface area (Å²) in [5, 5.41) is 13.4. The minimum atomic E-state index is -0.0581. The van der Waals surface area contributed by atoms with Crippen molar-refractivity contribution in [3.8, 4) is 0 Å². The first-order chi connectivity index (χ1) is 9.58. The van der Waals surface area contributed by atoms with Crippen LogP contribution in [0.3, 0.4) is 0 Å². The van der Waals surface area contributed by atoms with E-state index < -0.39 is 0 Å². The Bertz CT molecular complexity index is 296. The number of aliphatic hydroxyl groups is 1. The van der Waals surface area contributed by atoms with Gasteiger partial charge in [-0.1, -0.05) is 13.8 Å². The molecule has 0 bridgehead atoms. The Morgan fingerprint density at radius 3 is 2.85 bits per heavy atom. The standard InChI is InChI=1S/C16H32N2O2/c1-4-20-15-6-5-9-18(11-15)14-7-8-16(10-14,12-19)17-13(2)3/h13-15,17,19H,4-12H2,1-3H3. The zero-order valence-corrected chi connectivity index (χ0v) is 13.4. The maximum Gasteiger partial charge on any atom is 0.0702 e. The molecule has 0 radical (unpaired) electrons. The number of ether oxygens (including phenoxy) is 1. The molecule has 0 aromatic heterocycles. The fraction of sp³-hybridized carbons (Fsp3) is 1.00. The van der Waals surface area contributed by atoms with Gasteiger partial charge in [0.2, 0.25) is 0 Å². The lowest BCUT2D eigenvalue weighted by atomic mass is 9.96. The van der Waals surface area contributed by atoms with Gasteiger partial charge in [-0.25, -0.2) is 0 Å². The smallest absolute Gasteiger partial charge is 0.0702 e. The Labute approximate surface area is 123 Å². The molecular weight excluding hydrogens is 252 g/mol. The quantitative estimate of drug-likeness (QED) is 0.780. The third kappa shape index (κ3) is 3.94. The molecule has 1 saturated carbocycles. The molecule has 1 heterocycles. The lowest BCUT2D eigenvalue weighted by Crippen LogP contribution is -2.52. The number of piperidine rings is 1. The summed E-state index contributed by atoms with van der Waals surface area (Å²) in [6.07, 6.45) is 6.20. The molecule has 4 heteroatoms. The van der Waals surface area contributed by atoms with Crippen LogP contribution in [-0.2, 0) is 4.74 Å². The maximum atomic E-state index is 9.81. The predicted molar refractivity (Wildman–Crippen MR) is 81.9 cm³/mol. The highest BCUT2D eigenvalue weighted by atomic mass is 16.5. The van der Waals surface area contributed by atoms with Crippen LogP contribution in [0.5, 0.6) is 0 Å². The molecule has 2 N–H and O–H groups in total. The van der Waals surface area contributed by atoms with Gasteiger partial charge in [0.15, 0.2) is 0 Å². The highest BCUT2D eigenvalue weighted by Gasteiger charge is 2.41. The van der Waals surface area contributed by atoms with Crippen LogP contribution in [0.4, 0.5) is 0 Å². The van der Waals surface area contributed by atoms with Gasteiger partial charge in [-0.05, 0) is 45.6 Å². The number of nitrogens with zero attached hydrogens (tertiary/aromatic N) is 1. The van der Waals surface area contributed by atoms with Crippen LogP contribution in [0.1, 0.15) is 52.9 Å². The van der Waals surface area contributed by atoms with Gasteiger partial charge in [0.25, 0.3) is 0 Å². The van der Waals surface area contributed by atoms with Crippen molar-refractivity contribution < 1.29 is 9.84 Å². The number of hydrogen-bond acceptors (Lipinski definition) is 4. The van der Waals surface area contributed by atoms with Crippen LogP contribution in [0.15, 0.2) is 0 Å². The molecule has 1 aliphatic heterocycles. The fourth-order valence-corrected chi connectivity index (χ4v) is 4.01. The van der Waals surface area contributed by atoms with Crippen molar-refractivity contribution in [3.63, 3.8) is 0 Å². The summed E-state index contributed by atoms with van der Waals surface area (Å²) >= 11 is 0. The van der Waals surface area contributed by atoms with E-state index in [-0.39, 0.29) is 12.1 Å². The fourth-order valence-electron chi connectivity index (χ4n) is 4.01. The minimum Gasteiger partial charge on any atom is -0.394 e. The lowest BCUT2D eigenvalue weighted by Gasteiger charge is -2.38. The van der Waals surface area contributed by atoms with Crippen LogP contribution in [-0.4, -0.2) is 60.0 Å². The molecule has 0 amide bonds. The van der Waals surface area contributed by atoms with E-state index in [4.69, 9.17) is 4.74 Å². The number of nitrogens with one attached hydrogen (secondary N) is 1. The van der Waals surface area contributed by atoms with E-state index in [0.29, 0.717) is 18.2 Å². The number of likely N-dealkylation sites (tertiary alicyclic amines) is 1. The van der Waals surface area contributed by atoms with Crippen LogP contribution < -0.4 is 5.32 Å². The Hall–Kier alpha value is -0.160. The SMILES string of the molecule is CCOC1CCCN(C2CCC(CO)(NC(C)C)C2)C1. The van der Waals surface area contributed by atoms with Crippen molar-refractivity contribution in [1.29, 1.82) is 0 Å². The molecule has 3 unspecified atom stereocenters. The van der Waals surface area contributed by atoms with E-state index in [1.165, 1.54) is 25.8 Å². The van der Waals surface area contributed by atoms with Gasteiger partial charge in [0, 0.05) is 30.8 Å². The molecule has 2 rings (SSSR count). The first-order valence-corrected chi connectivity index (χ1v) is 8.33. The molecule has 118 valence electrons. The zero-order chi connectivity index (χ0) is 14.6. The molecule has 2 fully saturated rings. The van der Waals surface area contributed by atoms with E-state index >= 15 is 0 Å². The molecular formula is C16H32N2O2. The number of hydrogen-bond donors (Lipinski definition) is 2. The topological polar surface area (TPSA) is 44.7 Å². The second-order valence-electron chi connectivity index (χ2n) is 6.85. The summed E-state index contributed by atoms with van der Waals surface area (Å²) in [7, 11) is 0. The Morgan fingerprint density at radius 2 is 2.20 bits per heavy atom. The highest BCUT2D eigenvalue weighted by molar-refractivity contribution is 5.00. The second-order valence-corrected chi connectivity index (χ2v) is 6.85. The lowest BCUT2D eigenvalue weighted by molar-refractivity contribution is -0.00815. The molecule has 1 aliphatic carbocycles. The van der Waals surface area contributed by atoms with Crippen molar-refractivity contribution in [1.82, 2.24) is 10.2 Å². The van der Waals surface area contributed by atoms with Gasteiger partial charge >= 0.3 is 0 Å². The first kappa shape index (κ1) is 16.2. The summed E-state index contributed by atoms with van der Waals surface area (Å²) in [4.78, 5) is 2.60. The van der Waals surface area contributed by atoms with Crippen LogP contribution >= 0.6 is 0 Å². The van der Waals surface area contributed by atoms with Gasteiger partial charge in [-0.3, -0.25) is 4.90 Å². The zero-order valence-electron chi connectivity index (χ0n) is 13.4. The molecule has 1 saturated heterocycles. The van der Waals surface area contributed by atoms with Crippen molar-refractivity contribution in [3.05, 3.63) is 0 Å². The number of aliphatic hydroxyl groups excluding tert-OH is 1. The first-order valence-electron chi connectivity index (χ1n) is 8.33. The van der Waals surface area contributed by atoms with Gasteiger partial charge < -0.3 is 15.2 Å². The maximum absolute atomic E-state index is 9.81. The third-order valence-electron chi connectivity index (χ3n) is 4.81. The Morgan fingerprint density at radius 1 is 1.40 bits per heavy atom. The minimum absolute atomic E-state index is 0.0581. The summed E-state index contributed by atoms with van der Waals surface area (Å²) < 4.78 is 5.81. The van der Waals surface area contributed by atoms with Crippen LogP contribution in [0.2, 0.25) is 0 Å². The molecule has 0 aromatic carbocycles. The van der Waals surface area contributed by atoms with E-state index in [9.17, 15) is 5.11 Å². The third-order valence-corrected chi connectivity index (χ3v) is 4.81. The van der Waals surface area contributed by atoms with Gasteiger partial charge in [-0.2, -0.15) is 0 Å².